The van der Waals surface area contributed by atoms with E-state index in [-0.39, 0.29) is 46.9 Å². The first kappa shape index (κ1) is 48.8. The highest BCUT2D eigenvalue weighted by molar-refractivity contribution is 5.94. The molecule has 0 aromatic heterocycles. The average molecular weight is 914 g/mol. The molecule has 8 rings (SSSR count). The number of hydrogen-bond acceptors (Lipinski definition) is 19. The summed E-state index contributed by atoms with van der Waals surface area (Å²) in [5.74, 6) is -0.378. The van der Waals surface area contributed by atoms with E-state index in [1.807, 2.05) is 13.8 Å². The van der Waals surface area contributed by atoms with Crippen molar-refractivity contribution in [3.05, 3.63) is 11.6 Å². The molecule has 4 saturated heterocycles. The van der Waals surface area contributed by atoms with E-state index in [1.165, 1.54) is 12.5 Å². The summed E-state index contributed by atoms with van der Waals surface area (Å²) >= 11 is 0. The summed E-state index contributed by atoms with van der Waals surface area (Å²) in [6.45, 7) is 8.29. The molecule has 0 amide bonds. The Morgan fingerprint density at radius 2 is 1.44 bits per heavy atom. The molecule has 11 unspecified atom stereocenters. The summed E-state index contributed by atoms with van der Waals surface area (Å²) in [5.41, 5.74) is -0.202. The summed E-state index contributed by atoms with van der Waals surface area (Å²) in [5, 5.41) is 109. The van der Waals surface area contributed by atoms with E-state index < -0.39 is 128 Å². The molecule has 0 aromatic carbocycles. The van der Waals surface area contributed by atoms with Gasteiger partial charge < -0.3 is 84.8 Å². The van der Waals surface area contributed by atoms with Crippen LogP contribution in [0.25, 0.3) is 0 Å². The van der Waals surface area contributed by atoms with E-state index in [9.17, 15) is 60.7 Å². The Bertz CT molecular complexity index is 1750. The van der Waals surface area contributed by atoms with Crippen LogP contribution >= 0.6 is 0 Å². The highest BCUT2D eigenvalue weighted by Crippen LogP contribution is 2.76. The molecule has 4 heterocycles. The molecule has 0 radical (unpaired) electrons. The monoisotopic (exact) mass is 913 g/mol. The highest BCUT2D eigenvalue weighted by atomic mass is 16.8. The quantitative estimate of drug-likeness (QED) is 0.0668. The lowest BCUT2D eigenvalue weighted by Crippen LogP contribution is -2.67. The summed E-state index contributed by atoms with van der Waals surface area (Å²) in [7, 11) is 0. The van der Waals surface area contributed by atoms with Crippen molar-refractivity contribution in [2.75, 3.05) is 19.8 Å². The van der Waals surface area contributed by atoms with Crippen LogP contribution in [0.15, 0.2) is 11.6 Å². The van der Waals surface area contributed by atoms with Gasteiger partial charge >= 0.3 is 0 Å². The van der Waals surface area contributed by atoms with E-state index in [0.29, 0.717) is 44.9 Å². The van der Waals surface area contributed by atoms with E-state index in [2.05, 4.69) is 25.2 Å². The van der Waals surface area contributed by atoms with Crippen LogP contribution in [0.1, 0.15) is 92.4 Å². The molecule has 364 valence electrons. The molecule has 11 N–H and O–H groups in total. The zero-order valence-electron chi connectivity index (χ0n) is 37.3. The standard InChI is InChI=1S/C45H71NO18/c1-19(16-47)6-7-24(50)20(2)29-25(51)15-45-43(29,5)12-10-28-42(4)11-9-23(14-22(42)8-13-44(28,45)46-45)60-41-38(64-39-34(56)32(54)30(52)21(3)59-39)36(58)37(27(18-49)62-41)63-40-35(57)33(55)31(53)26(17-48)61-40/h8,19-21,23,26-41,46-49,52-58H,6-7,9-18H2,1-5H3/t19-,20-,21?,23?,26?,27?,28-,29-,30+,31-,32?,33?,34?,35?,36?,37-,38?,39+,40+,41-,42+,43-,44?,45+/m1/s1. The number of ether oxygens (including phenoxy) is 6. The van der Waals surface area contributed by atoms with Crippen molar-refractivity contribution in [1.82, 2.24) is 5.32 Å². The third-order valence-electron chi connectivity index (χ3n) is 17.3. The topological polar surface area (TPSA) is 314 Å². The Kier molecular flexibility index (Phi) is 13.8. The molecule has 64 heavy (non-hydrogen) atoms. The van der Waals surface area contributed by atoms with Gasteiger partial charge in [-0.1, -0.05) is 39.3 Å². The van der Waals surface area contributed by atoms with Gasteiger partial charge in [-0.25, -0.2) is 0 Å². The van der Waals surface area contributed by atoms with Gasteiger partial charge in [0.05, 0.1) is 31.0 Å². The van der Waals surface area contributed by atoms with Gasteiger partial charge in [0.1, 0.15) is 78.7 Å². The van der Waals surface area contributed by atoms with Gasteiger partial charge in [0.2, 0.25) is 0 Å². The van der Waals surface area contributed by atoms with Crippen LogP contribution in [-0.4, -0.2) is 192 Å². The van der Waals surface area contributed by atoms with E-state index >= 15 is 0 Å². The van der Waals surface area contributed by atoms with Crippen LogP contribution in [0.4, 0.5) is 0 Å². The van der Waals surface area contributed by atoms with Crippen LogP contribution < -0.4 is 5.32 Å². The fourth-order valence-corrected chi connectivity index (χ4v) is 13.4. The van der Waals surface area contributed by atoms with Crippen molar-refractivity contribution >= 4 is 11.6 Å². The minimum Gasteiger partial charge on any atom is -0.396 e. The van der Waals surface area contributed by atoms with Gasteiger partial charge in [-0.15, -0.1) is 0 Å². The number of Topliss-reactive ketones (excluding diaryl/α,β-unsaturated/α-hetero) is 2. The van der Waals surface area contributed by atoms with Crippen LogP contribution in [0, 0.1) is 34.5 Å². The third-order valence-corrected chi connectivity index (χ3v) is 17.3. The van der Waals surface area contributed by atoms with Gasteiger partial charge in [0, 0.05) is 36.8 Å². The number of aliphatic hydroxyl groups is 10. The summed E-state index contributed by atoms with van der Waals surface area (Å²) in [4.78, 5) is 27.5. The summed E-state index contributed by atoms with van der Waals surface area (Å²) in [6, 6.07) is 0. The van der Waals surface area contributed by atoms with Crippen molar-refractivity contribution in [2.24, 2.45) is 34.5 Å². The number of rotatable bonds is 14. The van der Waals surface area contributed by atoms with Gasteiger partial charge in [0.15, 0.2) is 18.9 Å². The molecule has 0 bridgehead atoms. The van der Waals surface area contributed by atoms with Crippen LogP contribution in [0.2, 0.25) is 0 Å². The predicted octanol–water partition coefficient (Wildman–Crippen LogP) is -1.93. The zero-order chi connectivity index (χ0) is 46.4. The lowest BCUT2D eigenvalue weighted by atomic mass is 9.47. The number of fused-ring (bicyclic) bond motifs is 2. The molecule has 4 aliphatic carbocycles. The number of carbonyl (C=O) groups excluding carboxylic acids is 2. The van der Waals surface area contributed by atoms with E-state index in [1.54, 1.807) is 0 Å². The highest BCUT2D eigenvalue weighted by Gasteiger charge is 2.85. The Hall–Kier alpha value is -1.60. The molecule has 8 aliphatic rings. The number of aliphatic hydroxyl groups excluding tert-OH is 10. The molecule has 3 saturated carbocycles. The Balaban J connectivity index is 1.00. The number of carbonyl (C=O) groups is 2. The molecule has 7 fully saturated rings. The predicted molar refractivity (Wildman–Crippen MR) is 219 cm³/mol. The van der Waals surface area contributed by atoms with Crippen molar-refractivity contribution < 1.29 is 89.1 Å². The maximum absolute atomic E-state index is 14.0. The maximum Gasteiger partial charge on any atom is 0.187 e. The van der Waals surface area contributed by atoms with Crippen LogP contribution in [0.5, 0.6) is 0 Å². The lowest BCUT2D eigenvalue weighted by molar-refractivity contribution is -0.389. The van der Waals surface area contributed by atoms with Crippen molar-refractivity contribution in [2.45, 2.75) is 202 Å². The molecule has 19 heteroatoms. The van der Waals surface area contributed by atoms with Gasteiger partial charge in [-0.2, -0.15) is 0 Å². The van der Waals surface area contributed by atoms with Crippen LogP contribution in [0.3, 0.4) is 0 Å². The molecule has 24 atom stereocenters. The number of hydrogen-bond donors (Lipinski definition) is 11. The van der Waals surface area contributed by atoms with Gasteiger partial charge in [-0.05, 0) is 74.5 Å². The molecule has 19 nitrogen and oxygen atoms in total. The second-order valence-electron chi connectivity index (χ2n) is 20.9. The second-order valence-corrected chi connectivity index (χ2v) is 20.9. The molecular weight excluding hydrogens is 842 g/mol. The maximum atomic E-state index is 14.0. The van der Waals surface area contributed by atoms with Crippen molar-refractivity contribution in [3.63, 3.8) is 0 Å². The Morgan fingerprint density at radius 3 is 2.11 bits per heavy atom. The first-order chi connectivity index (χ1) is 30.2. The average Bonchev–Trinajstić information content (AvgIpc) is 3.87. The molecule has 2 spiro atoms. The molecular formula is C45H71NO18. The minimum absolute atomic E-state index is 0.0136. The van der Waals surface area contributed by atoms with E-state index in [4.69, 9.17) is 28.4 Å². The lowest BCUT2D eigenvalue weighted by Gasteiger charge is -2.56. The summed E-state index contributed by atoms with van der Waals surface area (Å²) < 4.78 is 36.2. The summed E-state index contributed by atoms with van der Waals surface area (Å²) in [6.07, 6.45) is -16.4. The number of nitrogens with one attached hydrogen (secondary N) is 1. The second kappa shape index (κ2) is 18.0. The zero-order valence-corrected chi connectivity index (χ0v) is 37.3. The smallest absolute Gasteiger partial charge is 0.187 e. The normalized spacial score (nSPS) is 52.1. The largest absolute Gasteiger partial charge is 0.396 e. The van der Waals surface area contributed by atoms with E-state index in [0.717, 1.165) is 12.8 Å². The van der Waals surface area contributed by atoms with Gasteiger partial charge in [0.25, 0.3) is 0 Å². The van der Waals surface area contributed by atoms with Crippen molar-refractivity contribution in [1.29, 1.82) is 0 Å². The SMILES string of the molecule is CC1O[C@@H](OC2C(O)[C@H](O[C@@H]3OC(CO)[C@@H](O)C(O)C3O)C(CO)O[C@H]2OC2CC[C@@]3(C)C(=CCC45N[C@]46CC(=O)[C@@H]([C@H](C)C(=O)CC[C@@H](C)CO)[C@@]6(C)CC[C@@H]53)C2)C(O)C(O)[C@H]1O. The fourth-order valence-electron chi connectivity index (χ4n) is 13.4. The van der Waals surface area contributed by atoms with Crippen molar-refractivity contribution in [3.8, 4) is 0 Å². The molecule has 0 aromatic rings. The molecule has 4 aliphatic heterocycles. The Labute approximate surface area is 373 Å². The first-order valence-corrected chi connectivity index (χ1v) is 23.3. The third kappa shape index (κ3) is 7.70. The number of ketones is 2. The first-order valence-electron chi connectivity index (χ1n) is 23.3. The van der Waals surface area contributed by atoms with Gasteiger partial charge in [-0.3, -0.25) is 9.59 Å². The fraction of sp³-hybridized carbons (Fsp3) is 0.911. The minimum atomic E-state index is -1.85. The Morgan fingerprint density at radius 1 is 0.797 bits per heavy atom. The van der Waals surface area contributed by atoms with Crippen LogP contribution in [-0.2, 0) is 38.0 Å².